The van der Waals surface area contributed by atoms with Crippen LogP contribution in [0.25, 0.3) is 0 Å². The summed E-state index contributed by atoms with van der Waals surface area (Å²) < 4.78 is 14.4. The van der Waals surface area contributed by atoms with Crippen molar-refractivity contribution in [3.8, 4) is 0 Å². The minimum absolute atomic E-state index is 0.256. The lowest BCUT2D eigenvalue weighted by Crippen LogP contribution is -2.28. The van der Waals surface area contributed by atoms with Crippen molar-refractivity contribution < 1.29 is 4.39 Å². The quantitative estimate of drug-likeness (QED) is 0.651. The molecule has 0 saturated heterocycles. The summed E-state index contributed by atoms with van der Waals surface area (Å²) in [6.45, 7) is 4.67. The van der Waals surface area contributed by atoms with Crippen LogP contribution in [0, 0.1) is 5.82 Å². The van der Waals surface area contributed by atoms with Crippen LogP contribution >= 0.6 is 12.2 Å². The van der Waals surface area contributed by atoms with Crippen molar-refractivity contribution in [2.24, 2.45) is 0 Å². The molecule has 104 valence electrons. The summed E-state index contributed by atoms with van der Waals surface area (Å²) in [6, 6.07) is 6.25. The zero-order valence-corrected chi connectivity index (χ0v) is 11.5. The van der Waals surface area contributed by atoms with E-state index in [9.17, 15) is 4.39 Å². The fourth-order valence-electron chi connectivity index (χ4n) is 1.52. The van der Waals surface area contributed by atoms with Gasteiger partial charge in [0.15, 0.2) is 5.11 Å². The summed E-state index contributed by atoms with van der Waals surface area (Å²) in [5.41, 5.74) is 0.940. The van der Waals surface area contributed by atoms with E-state index in [0.717, 1.165) is 5.56 Å². The first kappa shape index (κ1) is 14.1. The first-order valence-corrected chi connectivity index (χ1v) is 6.38. The van der Waals surface area contributed by atoms with Gasteiger partial charge in [-0.15, -0.1) is 11.7 Å². The Morgan fingerprint density at radius 1 is 1.40 bits per heavy atom. The van der Waals surface area contributed by atoms with Crippen molar-refractivity contribution in [3.05, 3.63) is 54.6 Å². The molecule has 0 aliphatic carbocycles. The predicted molar refractivity (Wildman–Crippen MR) is 79.9 cm³/mol. The molecule has 2 rings (SSSR count). The lowest BCUT2D eigenvalue weighted by molar-refractivity contribution is 0.624. The maximum Gasteiger partial charge on any atom is 0.248 e. The lowest BCUT2D eigenvalue weighted by Gasteiger charge is -2.04. The van der Waals surface area contributed by atoms with Gasteiger partial charge in [0.25, 0.3) is 0 Å². The van der Waals surface area contributed by atoms with Crippen LogP contribution in [0.2, 0.25) is 0 Å². The summed E-state index contributed by atoms with van der Waals surface area (Å²) in [4.78, 5) is 4.09. The van der Waals surface area contributed by atoms with E-state index in [1.54, 1.807) is 29.2 Å². The minimum atomic E-state index is -0.256. The summed E-state index contributed by atoms with van der Waals surface area (Å²) in [5, 5.41) is 10.4. The fourth-order valence-corrected chi connectivity index (χ4v) is 1.69. The van der Waals surface area contributed by atoms with E-state index in [0.29, 0.717) is 24.2 Å². The van der Waals surface area contributed by atoms with E-state index in [1.807, 2.05) is 0 Å². The van der Waals surface area contributed by atoms with Crippen LogP contribution < -0.4 is 10.6 Å². The molecule has 5 nitrogen and oxygen atoms in total. The molecule has 20 heavy (non-hydrogen) atoms. The van der Waals surface area contributed by atoms with Crippen molar-refractivity contribution in [2.75, 3.05) is 11.9 Å². The van der Waals surface area contributed by atoms with Crippen LogP contribution in [-0.4, -0.2) is 26.4 Å². The topological polar surface area (TPSA) is 54.8 Å². The molecule has 1 aromatic heterocycles. The van der Waals surface area contributed by atoms with Crippen LogP contribution in [0.4, 0.5) is 10.3 Å². The van der Waals surface area contributed by atoms with Crippen LogP contribution in [0.3, 0.4) is 0 Å². The number of rotatable bonds is 5. The molecule has 0 radical (unpaired) electrons. The molecule has 2 N–H and O–H groups in total. The van der Waals surface area contributed by atoms with Gasteiger partial charge in [-0.2, -0.15) is 0 Å². The smallest absolute Gasteiger partial charge is 0.248 e. The second kappa shape index (κ2) is 6.76. The number of aromatic nitrogens is 3. The van der Waals surface area contributed by atoms with Crippen molar-refractivity contribution >= 4 is 23.3 Å². The highest BCUT2D eigenvalue weighted by Gasteiger charge is 2.03. The maximum atomic E-state index is 12.8. The Labute approximate surface area is 121 Å². The first-order chi connectivity index (χ1) is 9.67. The molecule has 0 saturated carbocycles. The molecular weight excluding hydrogens is 277 g/mol. The molecule has 7 heteroatoms. The Morgan fingerprint density at radius 2 is 2.15 bits per heavy atom. The number of nitrogens with zero attached hydrogens (tertiary/aromatic N) is 3. The average Bonchev–Trinajstić information content (AvgIpc) is 2.86. The molecule has 0 atom stereocenters. The Balaban J connectivity index is 1.93. The van der Waals surface area contributed by atoms with Crippen molar-refractivity contribution in [1.29, 1.82) is 0 Å². The fraction of sp³-hybridized carbons (Fsp3) is 0.154. The summed E-state index contributed by atoms with van der Waals surface area (Å²) in [6.07, 6.45) is 3.29. The van der Waals surface area contributed by atoms with Crippen molar-refractivity contribution in [3.63, 3.8) is 0 Å². The van der Waals surface area contributed by atoms with Gasteiger partial charge in [-0.25, -0.2) is 14.1 Å². The predicted octanol–water partition coefficient (Wildman–Crippen LogP) is 1.94. The highest BCUT2D eigenvalue weighted by atomic mass is 32.1. The van der Waals surface area contributed by atoms with Crippen LogP contribution in [0.5, 0.6) is 0 Å². The Bertz CT molecular complexity index is 593. The number of anilines is 1. The van der Waals surface area contributed by atoms with Gasteiger partial charge in [-0.05, 0) is 29.9 Å². The molecule has 0 amide bonds. The second-order valence-corrected chi connectivity index (χ2v) is 4.42. The summed E-state index contributed by atoms with van der Waals surface area (Å²) in [7, 11) is 0. The van der Waals surface area contributed by atoms with E-state index < -0.39 is 0 Å². The number of benzene rings is 1. The largest absolute Gasteiger partial charge is 0.359 e. The maximum absolute atomic E-state index is 12.8. The number of halogens is 1. The van der Waals surface area contributed by atoms with Crippen molar-refractivity contribution in [1.82, 2.24) is 20.1 Å². The zero-order chi connectivity index (χ0) is 14.4. The van der Waals surface area contributed by atoms with Crippen molar-refractivity contribution in [2.45, 2.75) is 6.54 Å². The van der Waals surface area contributed by atoms with Gasteiger partial charge in [0, 0.05) is 6.54 Å². The molecule has 1 aromatic carbocycles. The van der Waals surface area contributed by atoms with Gasteiger partial charge >= 0.3 is 0 Å². The Kier molecular flexibility index (Phi) is 4.78. The zero-order valence-electron chi connectivity index (χ0n) is 10.7. The van der Waals surface area contributed by atoms with Crippen LogP contribution in [0.15, 0.2) is 43.2 Å². The lowest BCUT2D eigenvalue weighted by atomic mass is 10.2. The number of hydrogen-bond acceptors (Lipinski definition) is 3. The molecular formula is C13H14FN5S. The van der Waals surface area contributed by atoms with Gasteiger partial charge in [0.1, 0.15) is 12.1 Å². The number of nitrogens with one attached hydrogen (secondary N) is 2. The Morgan fingerprint density at radius 3 is 2.85 bits per heavy atom. The van der Waals surface area contributed by atoms with Gasteiger partial charge in [0.05, 0.1) is 6.54 Å². The monoisotopic (exact) mass is 291 g/mol. The van der Waals surface area contributed by atoms with Gasteiger partial charge < -0.3 is 5.32 Å². The second-order valence-electron chi connectivity index (χ2n) is 4.02. The van der Waals surface area contributed by atoms with Gasteiger partial charge in [-0.3, -0.25) is 5.32 Å². The SMILES string of the molecule is C=CCNC(=S)Nc1ncn(Cc2ccc(F)cc2)n1. The van der Waals surface area contributed by atoms with E-state index >= 15 is 0 Å². The third kappa shape index (κ3) is 4.13. The van der Waals surface area contributed by atoms with Crippen LogP contribution in [0.1, 0.15) is 5.56 Å². The van der Waals surface area contributed by atoms with Gasteiger partial charge in [0.2, 0.25) is 5.95 Å². The molecule has 2 aromatic rings. The highest BCUT2D eigenvalue weighted by Crippen LogP contribution is 2.05. The molecule has 0 unspecified atom stereocenters. The average molecular weight is 291 g/mol. The molecule has 0 aliphatic rings. The van der Waals surface area contributed by atoms with E-state index in [2.05, 4.69) is 27.3 Å². The Hall–Kier alpha value is -2.28. The molecule has 0 fully saturated rings. The third-order valence-corrected chi connectivity index (χ3v) is 2.67. The summed E-state index contributed by atoms with van der Waals surface area (Å²) in [5.74, 6) is 0.155. The first-order valence-electron chi connectivity index (χ1n) is 5.97. The van der Waals surface area contributed by atoms with E-state index in [4.69, 9.17) is 12.2 Å². The molecule has 0 spiro atoms. The molecule has 0 bridgehead atoms. The van der Waals surface area contributed by atoms with E-state index in [-0.39, 0.29) is 5.82 Å². The number of hydrogen-bond donors (Lipinski definition) is 2. The number of thiocarbonyl (C=S) groups is 1. The highest BCUT2D eigenvalue weighted by molar-refractivity contribution is 7.80. The normalized spacial score (nSPS) is 10.1. The van der Waals surface area contributed by atoms with E-state index in [1.165, 1.54) is 12.1 Å². The summed E-state index contributed by atoms with van der Waals surface area (Å²) >= 11 is 5.05. The van der Waals surface area contributed by atoms with Crippen LogP contribution in [-0.2, 0) is 6.54 Å². The molecule has 1 heterocycles. The minimum Gasteiger partial charge on any atom is -0.359 e. The van der Waals surface area contributed by atoms with Gasteiger partial charge in [-0.1, -0.05) is 18.2 Å². The standard InChI is InChI=1S/C13H14FN5S/c1-2-7-15-13(20)17-12-16-9-19(18-12)8-10-3-5-11(14)6-4-10/h2-6,9H,1,7-8H2,(H2,15,17,18,20). The molecule has 0 aliphatic heterocycles. The third-order valence-electron chi connectivity index (χ3n) is 2.43.